The van der Waals surface area contributed by atoms with Gasteiger partial charge in [-0.3, -0.25) is 37.3 Å². The predicted octanol–water partition coefficient (Wildman–Crippen LogP) is 22.5. The van der Waals surface area contributed by atoms with E-state index >= 15 is 0 Å². The van der Waals surface area contributed by atoms with Gasteiger partial charge in [-0.05, 0) is 31.6 Å². The maximum atomic E-state index is 13.1. The van der Waals surface area contributed by atoms with Crippen molar-refractivity contribution < 1.29 is 80.2 Å². The number of phosphoric ester groups is 2. The Hall–Kier alpha value is -1.94. The lowest BCUT2D eigenvalue weighted by Crippen LogP contribution is -2.30. The van der Waals surface area contributed by atoms with Gasteiger partial charge >= 0.3 is 39.5 Å². The van der Waals surface area contributed by atoms with Crippen LogP contribution >= 0.6 is 15.6 Å². The second kappa shape index (κ2) is 69.2. The van der Waals surface area contributed by atoms with Crippen molar-refractivity contribution >= 4 is 39.5 Å². The first-order chi connectivity index (χ1) is 46.1. The van der Waals surface area contributed by atoms with Gasteiger partial charge in [-0.15, -0.1) is 0 Å². The van der Waals surface area contributed by atoms with Gasteiger partial charge in [0.25, 0.3) is 0 Å². The largest absolute Gasteiger partial charge is 0.472 e. The van der Waals surface area contributed by atoms with Crippen LogP contribution in [0.25, 0.3) is 0 Å². The molecule has 0 saturated heterocycles. The molecule has 95 heavy (non-hydrogen) atoms. The first kappa shape index (κ1) is 93.1. The number of esters is 4. The summed E-state index contributed by atoms with van der Waals surface area (Å²) in [7, 11) is -9.90. The molecule has 0 aromatic rings. The van der Waals surface area contributed by atoms with E-state index in [1.165, 1.54) is 218 Å². The molecule has 0 radical (unpaired) electrons. The molecule has 0 aliphatic carbocycles. The Morgan fingerprint density at radius 3 is 0.747 bits per heavy atom. The van der Waals surface area contributed by atoms with Crippen molar-refractivity contribution in [2.75, 3.05) is 39.6 Å². The van der Waals surface area contributed by atoms with E-state index in [2.05, 4.69) is 34.6 Å². The molecule has 0 spiro atoms. The molecule has 0 aromatic heterocycles. The van der Waals surface area contributed by atoms with Gasteiger partial charge in [-0.2, -0.15) is 0 Å². The number of hydrogen-bond donors (Lipinski definition) is 3. The van der Waals surface area contributed by atoms with Crippen LogP contribution in [0.4, 0.5) is 0 Å². The van der Waals surface area contributed by atoms with E-state index in [0.717, 1.165) is 102 Å². The van der Waals surface area contributed by atoms with Crippen molar-refractivity contribution in [3.63, 3.8) is 0 Å². The van der Waals surface area contributed by atoms with Crippen molar-refractivity contribution in [3.05, 3.63) is 0 Å². The molecule has 0 aromatic carbocycles. The minimum absolute atomic E-state index is 0.104. The van der Waals surface area contributed by atoms with Crippen LogP contribution in [0.15, 0.2) is 0 Å². The van der Waals surface area contributed by atoms with Crippen molar-refractivity contribution in [1.82, 2.24) is 0 Å². The highest BCUT2D eigenvalue weighted by atomic mass is 31.2. The maximum Gasteiger partial charge on any atom is 0.472 e. The minimum Gasteiger partial charge on any atom is -0.462 e. The molecule has 3 N–H and O–H groups in total. The van der Waals surface area contributed by atoms with Crippen LogP contribution in [0.2, 0.25) is 0 Å². The molecular formula is C76H148O17P2. The first-order valence-electron chi connectivity index (χ1n) is 39.7. The summed E-state index contributed by atoms with van der Waals surface area (Å²) in [6.45, 7) is 7.19. The Balaban J connectivity index is 5.13. The van der Waals surface area contributed by atoms with Crippen molar-refractivity contribution in [2.24, 2.45) is 5.92 Å². The Morgan fingerprint density at radius 1 is 0.295 bits per heavy atom. The Labute approximate surface area is 581 Å². The smallest absolute Gasteiger partial charge is 0.462 e. The highest BCUT2D eigenvalue weighted by molar-refractivity contribution is 7.47. The summed E-state index contributed by atoms with van der Waals surface area (Å²) in [4.78, 5) is 72.5. The SMILES string of the molecule is CCCCCCCCCCCCCCCCCCCCCC(=O)OC[C@H](COP(=O)(O)OC[C@@H](O)COP(=O)(O)OC[C@@H](COC(=O)CCCCCCC)OC(=O)CCCCCCCCCCC(C)CC)OC(=O)CCCCCCCCCCCCCCCCCCCCC. The molecule has 0 aliphatic rings. The van der Waals surface area contributed by atoms with Gasteiger partial charge in [0.05, 0.1) is 26.4 Å². The van der Waals surface area contributed by atoms with Gasteiger partial charge in [0.15, 0.2) is 12.2 Å². The van der Waals surface area contributed by atoms with Crippen molar-refractivity contribution in [2.45, 2.75) is 419 Å². The summed E-state index contributed by atoms with van der Waals surface area (Å²) in [5, 5.41) is 10.6. The molecule has 0 heterocycles. The monoisotopic (exact) mass is 1400 g/mol. The van der Waals surface area contributed by atoms with E-state index in [0.29, 0.717) is 25.7 Å². The number of phosphoric acid groups is 2. The predicted molar refractivity (Wildman–Crippen MR) is 386 cm³/mol. The number of aliphatic hydroxyl groups excluding tert-OH is 1. The zero-order valence-electron chi connectivity index (χ0n) is 61.8. The maximum absolute atomic E-state index is 13.1. The summed E-state index contributed by atoms with van der Waals surface area (Å²) in [5.74, 6) is -1.36. The summed E-state index contributed by atoms with van der Waals surface area (Å²) in [6.07, 6.45) is 58.8. The van der Waals surface area contributed by atoms with Gasteiger partial charge in [0.2, 0.25) is 0 Å². The number of rotatable bonds is 76. The summed E-state index contributed by atoms with van der Waals surface area (Å²) >= 11 is 0. The number of carbonyl (C=O) groups is 4. The standard InChI is InChI=1S/C76H148O17P2/c1-6-10-13-16-18-20-22-24-26-28-30-32-34-36-38-40-45-50-55-60-74(79)87-66-72(93-75(80)61-56-51-46-41-39-37-35-33-31-29-27-25-23-21-19-17-14-11-7-2)68-91-95(84,85)89-64-70(77)63-88-94(82,83)90-67-71(65-86-73(78)59-54-48-15-12-8-3)92-76(81)62-57-52-47-43-42-44-49-53-58-69(5)9-4/h69-72,77H,6-68H2,1-5H3,(H,82,83)(H,84,85)/t69?,70-,71+,72+/m0/s1. The molecule has 0 fully saturated rings. The average Bonchev–Trinajstić information content (AvgIpc) is 1.73. The van der Waals surface area contributed by atoms with Crippen LogP contribution in [0.3, 0.4) is 0 Å². The Bertz CT molecular complexity index is 1820. The lowest BCUT2D eigenvalue weighted by atomic mass is 9.99. The van der Waals surface area contributed by atoms with E-state index in [1.807, 2.05) is 0 Å². The number of ether oxygens (including phenoxy) is 4. The quantitative estimate of drug-likeness (QED) is 0.0222. The van der Waals surface area contributed by atoms with Gasteiger partial charge in [-0.1, -0.05) is 349 Å². The van der Waals surface area contributed by atoms with Gasteiger partial charge in [0, 0.05) is 25.7 Å². The molecule has 0 rings (SSSR count). The van der Waals surface area contributed by atoms with Crippen LogP contribution in [0, 0.1) is 5.92 Å². The van der Waals surface area contributed by atoms with E-state index in [4.69, 9.17) is 37.0 Å². The third-order valence-corrected chi connectivity index (χ3v) is 20.0. The van der Waals surface area contributed by atoms with E-state index in [1.54, 1.807) is 0 Å². The van der Waals surface area contributed by atoms with Gasteiger partial charge in [0.1, 0.15) is 19.3 Å². The Kier molecular flexibility index (Phi) is 67.7. The molecule has 564 valence electrons. The van der Waals surface area contributed by atoms with Crippen LogP contribution in [0.5, 0.6) is 0 Å². The molecule has 17 nitrogen and oxygen atoms in total. The molecular weight excluding hydrogens is 1250 g/mol. The van der Waals surface area contributed by atoms with Crippen LogP contribution in [-0.2, 0) is 65.4 Å². The second-order valence-electron chi connectivity index (χ2n) is 27.6. The molecule has 0 aliphatic heterocycles. The topological polar surface area (TPSA) is 237 Å². The molecule has 0 bridgehead atoms. The van der Waals surface area contributed by atoms with Crippen LogP contribution < -0.4 is 0 Å². The number of carbonyl (C=O) groups excluding carboxylic acids is 4. The first-order valence-corrected chi connectivity index (χ1v) is 42.7. The fourth-order valence-electron chi connectivity index (χ4n) is 11.7. The zero-order valence-corrected chi connectivity index (χ0v) is 63.6. The Morgan fingerprint density at radius 2 is 0.505 bits per heavy atom. The molecule has 6 atom stereocenters. The zero-order chi connectivity index (χ0) is 69.8. The lowest BCUT2D eigenvalue weighted by Gasteiger charge is -2.21. The molecule has 0 amide bonds. The normalized spacial score (nSPS) is 14.2. The minimum atomic E-state index is -4.96. The highest BCUT2D eigenvalue weighted by Crippen LogP contribution is 2.45. The second-order valence-corrected chi connectivity index (χ2v) is 30.5. The third kappa shape index (κ3) is 69.0. The van der Waals surface area contributed by atoms with Crippen LogP contribution in [-0.4, -0.2) is 96.7 Å². The average molecular weight is 1400 g/mol. The van der Waals surface area contributed by atoms with Gasteiger partial charge in [-0.25, -0.2) is 9.13 Å². The van der Waals surface area contributed by atoms with E-state index < -0.39 is 97.5 Å². The molecule has 3 unspecified atom stereocenters. The van der Waals surface area contributed by atoms with E-state index in [9.17, 15) is 43.2 Å². The molecule has 0 saturated carbocycles. The number of aliphatic hydroxyl groups is 1. The summed E-state index contributed by atoms with van der Waals surface area (Å²) in [6, 6.07) is 0. The fraction of sp³-hybridized carbons (Fsp3) is 0.947. The van der Waals surface area contributed by atoms with Crippen LogP contribution in [0.1, 0.15) is 401 Å². The van der Waals surface area contributed by atoms with Gasteiger partial charge < -0.3 is 33.8 Å². The highest BCUT2D eigenvalue weighted by Gasteiger charge is 2.30. The summed E-state index contributed by atoms with van der Waals surface area (Å²) in [5.41, 5.74) is 0. The third-order valence-electron chi connectivity index (χ3n) is 18.1. The van der Waals surface area contributed by atoms with E-state index in [-0.39, 0.29) is 25.7 Å². The molecule has 19 heteroatoms. The summed E-state index contributed by atoms with van der Waals surface area (Å²) < 4.78 is 68.3. The number of hydrogen-bond acceptors (Lipinski definition) is 15. The lowest BCUT2D eigenvalue weighted by molar-refractivity contribution is -0.161. The fourth-order valence-corrected chi connectivity index (χ4v) is 13.3. The number of unbranched alkanes of at least 4 members (excludes halogenated alkanes) is 47. The van der Waals surface area contributed by atoms with Crippen molar-refractivity contribution in [3.8, 4) is 0 Å². The van der Waals surface area contributed by atoms with Crippen molar-refractivity contribution in [1.29, 1.82) is 0 Å².